The molecular weight excluding hydrogens is 394 g/mol. The summed E-state index contributed by atoms with van der Waals surface area (Å²) in [4.78, 5) is 17.6. The lowest BCUT2D eigenvalue weighted by Gasteiger charge is -2.32. The van der Waals surface area contributed by atoms with Gasteiger partial charge in [0.2, 0.25) is 5.91 Å². The van der Waals surface area contributed by atoms with Gasteiger partial charge in [0.1, 0.15) is 0 Å². The minimum Gasteiger partial charge on any atom is -0.352 e. The summed E-state index contributed by atoms with van der Waals surface area (Å²) in [5, 5.41) is 3.30. The Hall–Kier alpha value is -2.17. The predicted octanol–water partition coefficient (Wildman–Crippen LogP) is 4.50. The van der Waals surface area contributed by atoms with Gasteiger partial charge in [0.15, 0.2) is 0 Å². The molecule has 0 radical (unpaired) electrons. The quantitative estimate of drug-likeness (QED) is 0.599. The monoisotopic (exact) mass is 433 g/mol. The highest BCUT2D eigenvalue weighted by Crippen LogP contribution is 2.22. The molecule has 1 amide bonds. The van der Waals surface area contributed by atoms with Gasteiger partial charge in [-0.2, -0.15) is 0 Å². The number of rotatable bonds is 10. The van der Waals surface area contributed by atoms with E-state index in [4.69, 9.17) is 0 Å². The van der Waals surface area contributed by atoms with Gasteiger partial charge in [0.05, 0.1) is 0 Å². The number of carbonyl (C=O) groups is 1. The summed E-state index contributed by atoms with van der Waals surface area (Å²) >= 11 is 0. The molecular formula is C28H39N3O. The first-order valence-electron chi connectivity index (χ1n) is 12.6. The summed E-state index contributed by atoms with van der Waals surface area (Å²) in [5.41, 5.74) is 2.80. The van der Waals surface area contributed by atoms with Crippen molar-refractivity contribution in [1.29, 1.82) is 0 Å². The Kier molecular flexibility index (Phi) is 8.75. The fourth-order valence-corrected chi connectivity index (χ4v) is 5.22. The number of benzene rings is 2. The van der Waals surface area contributed by atoms with Gasteiger partial charge in [-0.3, -0.25) is 9.69 Å². The van der Waals surface area contributed by atoms with Crippen LogP contribution in [0.5, 0.6) is 0 Å². The molecule has 32 heavy (non-hydrogen) atoms. The Balaban J connectivity index is 1.06. The number of hydrogen-bond donors (Lipinski definition) is 1. The van der Waals surface area contributed by atoms with Crippen molar-refractivity contribution in [3.63, 3.8) is 0 Å². The number of amides is 1. The minimum absolute atomic E-state index is 0.252. The van der Waals surface area contributed by atoms with Gasteiger partial charge in [-0.05, 0) is 75.2 Å². The van der Waals surface area contributed by atoms with Crippen molar-refractivity contribution in [2.45, 2.75) is 57.5 Å². The second kappa shape index (κ2) is 12.2. The average molecular weight is 434 g/mol. The summed E-state index contributed by atoms with van der Waals surface area (Å²) in [6.07, 6.45) is 7.70. The van der Waals surface area contributed by atoms with Crippen LogP contribution in [0.25, 0.3) is 0 Å². The number of nitrogens with zero attached hydrogens (tertiary/aromatic N) is 2. The van der Waals surface area contributed by atoms with E-state index >= 15 is 0 Å². The lowest BCUT2D eigenvalue weighted by Crippen LogP contribution is -2.38. The van der Waals surface area contributed by atoms with Crippen LogP contribution in [0.1, 0.15) is 49.7 Å². The van der Waals surface area contributed by atoms with Gasteiger partial charge in [0, 0.05) is 32.1 Å². The van der Waals surface area contributed by atoms with E-state index in [1.54, 1.807) is 0 Å². The SMILES string of the molecule is O=C(CCC1CCN(CCCc2ccccc2)CC1)NC1CCN(Cc2ccccc2)C1. The fraction of sp³-hybridized carbons (Fsp3) is 0.536. The minimum atomic E-state index is 0.252. The molecule has 2 aromatic carbocycles. The van der Waals surface area contributed by atoms with Crippen LogP contribution in [0, 0.1) is 5.92 Å². The topological polar surface area (TPSA) is 35.6 Å². The normalized spacial score (nSPS) is 20.4. The third-order valence-electron chi connectivity index (χ3n) is 7.16. The summed E-state index contributed by atoms with van der Waals surface area (Å²) in [7, 11) is 0. The Bertz CT molecular complexity index is 802. The van der Waals surface area contributed by atoms with Gasteiger partial charge in [-0.15, -0.1) is 0 Å². The van der Waals surface area contributed by atoms with Crippen molar-refractivity contribution in [1.82, 2.24) is 15.1 Å². The standard InChI is InChI=1S/C28H39N3O/c32-28(29-27-17-21-31(23-27)22-26-10-5-2-6-11-26)14-13-25-15-19-30(20-16-25)18-7-12-24-8-3-1-4-9-24/h1-6,8-11,25,27H,7,12-23H2,(H,29,32). The van der Waals surface area contributed by atoms with Crippen molar-refractivity contribution in [2.24, 2.45) is 5.92 Å². The highest BCUT2D eigenvalue weighted by atomic mass is 16.1. The summed E-state index contributed by atoms with van der Waals surface area (Å²) in [5.74, 6) is 0.964. The number of nitrogens with one attached hydrogen (secondary N) is 1. The zero-order valence-corrected chi connectivity index (χ0v) is 19.4. The maximum atomic E-state index is 12.5. The molecule has 4 nitrogen and oxygen atoms in total. The molecule has 1 atom stereocenters. The molecule has 2 aliphatic heterocycles. The first kappa shape index (κ1) is 23.0. The highest BCUT2D eigenvalue weighted by Gasteiger charge is 2.25. The first-order chi connectivity index (χ1) is 15.7. The van der Waals surface area contributed by atoms with Gasteiger partial charge in [-0.1, -0.05) is 60.7 Å². The van der Waals surface area contributed by atoms with Crippen molar-refractivity contribution in [3.05, 3.63) is 71.8 Å². The third kappa shape index (κ3) is 7.46. The van der Waals surface area contributed by atoms with Crippen LogP contribution in [-0.2, 0) is 17.8 Å². The zero-order chi connectivity index (χ0) is 22.0. The Morgan fingerprint density at radius 1 is 0.844 bits per heavy atom. The lowest BCUT2D eigenvalue weighted by molar-refractivity contribution is -0.122. The summed E-state index contributed by atoms with van der Waals surface area (Å²) in [6, 6.07) is 21.7. The molecule has 0 aliphatic carbocycles. The predicted molar refractivity (Wildman–Crippen MR) is 131 cm³/mol. The summed E-state index contributed by atoms with van der Waals surface area (Å²) < 4.78 is 0. The van der Waals surface area contributed by atoms with E-state index in [0.717, 1.165) is 32.5 Å². The highest BCUT2D eigenvalue weighted by molar-refractivity contribution is 5.76. The Morgan fingerprint density at radius 2 is 1.50 bits per heavy atom. The molecule has 0 saturated carbocycles. The smallest absolute Gasteiger partial charge is 0.220 e. The maximum Gasteiger partial charge on any atom is 0.220 e. The molecule has 2 aliphatic rings. The van der Waals surface area contributed by atoms with Gasteiger partial charge < -0.3 is 10.2 Å². The second-order valence-electron chi connectivity index (χ2n) is 9.69. The Morgan fingerprint density at radius 3 is 2.22 bits per heavy atom. The molecule has 2 heterocycles. The molecule has 0 spiro atoms. The number of piperidine rings is 1. The Labute approximate surface area is 194 Å². The van der Waals surface area contributed by atoms with Gasteiger partial charge in [0.25, 0.3) is 0 Å². The third-order valence-corrected chi connectivity index (χ3v) is 7.16. The zero-order valence-electron chi connectivity index (χ0n) is 19.4. The van der Waals surface area contributed by atoms with Crippen molar-refractivity contribution in [3.8, 4) is 0 Å². The van der Waals surface area contributed by atoms with E-state index in [1.165, 1.54) is 56.4 Å². The molecule has 4 heteroatoms. The lowest BCUT2D eigenvalue weighted by atomic mass is 9.92. The second-order valence-corrected chi connectivity index (χ2v) is 9.69. The van der Waals surface area contributed by atoms with E-state index in [9.17, 15) is 4.79 Å². The molecule has 0 bridgehead atoms. The van der Waals surface area contributed by atoms with Crippen molar-refractivity contribution in [2.75, 3.05) is 32.7 Å². The maximum absolute atomic E-state index is 12.5. The van der Waals surface area contributed by atoms with E-state index in [1.807, 2.05) is 0 Å². The molecule has 172 valence electrons. The van der Waals surface area contributed by atoms with Crippen molar-refractivity contribution >= 4 is 5.91 Å². The van der Waals surface area contributed by atoms with E-state index in [-0.39, 0.29) is 5.91 Å². The van der Waals surface area contributed by atoms with E-state index in [0.29, 0.717) is 18.4 Å². The van der Waals surface area contributed by atoms with Crippen LogP contribution in [0.4, 0.5) is 0 Å². The number of likely N-dealkylation sites (tertiary alicyclic amines) is 2. The molecule has 2 aromatic rings. The van der Waals surface area contributed by atoms with Gasteiger partial charge >= 0.3 is 0 Å². The van der Waals surface area contributed by atoms with Crippen LogP contribution in [0.2, 0.25) is 0 Å². The van der Waals surface area contributed by atoms with Crippen LogP contribution < -0.4 is 5.32 Å². The van der Waals surface area contributed by atoms with Crippen LogP contribution in [-0.4, -0.2) is 54.5 Å². The van der Waals surface area contributed by atoms with E-state index < -0.39 is 0 Å². The first-order valence-corrected chi connectivity index (χ1v) is 12.6. The fourth-order valence-electron chi connectivity index (χ4n) is 5.22. The largest absolute Gasteiger partial charge is 0.352 e. The van der Waals surface area contributed by atoms with Crippen LogP contribution >= 0.6 is 0 Å². The number of aryl methyl sites for hydroxylation is 1. The number of carbonyl (C=O) groups excluding carboxylic acids is 1. The molecule has 2 fully saturated rings. The van der Waals surface area contributed by atoms with Crippen molar-refractivity contribution < 1.29 is 4.79 Å². The molecule has 0 aromatic heterocycles. The summed E-state index contributed by atoms with van der Waals surface area (Å²) in [6.45, 7) is 6.61. The van der Waals surface area contributed by atoms with Crippen LogP contribution in [0.3, 0.4) is 0 Å². The molecule has 4 rings (SSSR count). The number of hydrogen-bond acceptors (Lipinski definition) is 3. The molecule has 1 N–H and O–H groups in total. The molecule has 1 unspecified atom stereocenters. The van der Waals surface area contributed by atoms with Gasteiger partial charge in [-0.25, -0.2) is 0 Å². The van der Waals surface area contributed by atoms with E-state index in [2.05, 4.69) is 75.8 Å². The average Bonchev–Trinajstić information content (AvgIpc) is 3.26. The van der Waals surface area contributed by atoms with Crippen LogP contribution in [0.15, 0.2) is 60.7 Å². The molecule has 2 saturated heterocycles.